The molecule has 1 aliphatic carbocycles. The van der Waals surface area contributed by atoms with Gasteiger partial charge in [-0.1, -0.05) is 49.1 Å². The van der Waals surface area contributed by atoms with Crippen LogP contribution in [0.4, 0.5) is 5.69 Å². The molecule has 0 saturated carbocycles. The Morgan fingerprint density at radius 1 is 0.797 bits per heavy atom. The third-order valence-electron chi connectivity index (χ3n) is 13.9. The molecular formula is C52H72N8O4. The summed E-state index contributed by atoms with van der Waals surface area (Å²) in [5, 5.41) is 25.0. The fourth-order valence-electron chi connectivity index (χ4n) is 10.4. The number of hydroxylamine groups is 2. The van der Waals surface area contributed by atoms with E-state index in [0.29, 0.717) is 38.2 Å². The minimum absolute atomic E-state index is 0.0110. The van der Waals surface area contributed by atoms with Gasteiger partial charge in [0.25, 0.3) is 5.91 Å². The van der Waals surface area contributed by atoms with Crippen molar-refractivity contribution in [2.24, 2.45) is 0 Å². The Balaban J connectivity index is 0.920. The monoisotopic (exact) mass is 873 g/mol. The number of piperidine rings is 1. The molecule has 0 N–H and O–H groups in total. The number of hydrogen-bond acceptors (Lipinski definition) is 8. The van der Waals surface area contributed by atoms with E-state index in [1.807, 2.05) is 60.4 Å². The highest BCUT2D eigenvalue weighted by atomic mass is 16.5. The number of fused-ring (bicyclic) bond motifs is 2. The van der Waals surface area contributed by atoms with E-state index in [4.69, 9.17) is 4.42 Å². The van der Waals surface area contributed by atoms with Gasteiger partial charge in [0.15, 0.2) is 0 Å². The van der Waals surface area contributed by atoms with Crippen LogP contribution in [0.1, 0.15) is 135 Å². The molecule has 344 valence electrons. The summed E-state index contributed by atoms with van der Waals surface area (Å²) in [5.74, 6) is 0.963. The van der Waals surface area contributed by atoms with Crippen molar-refractivity contribution in [3.63, 3.8) is 0 Å². The SMILES string of the molecule is CCN(CC)c1ccc2c(-c3ccccc3C(=O)N3CCN(C(=O)CCCCCCCCc4cn(C5CC(C)(C)N([O-])C(C)(C)C5)nn4)CC3)c3ccc(=[N+](CC)CC)cc-3oc2c1. The average Bonchev–Trinajstić information content (AvgIpc) is 3.78. The highest BCUT2D eigenvalue weighted by Gasteiger charge is 2.41. The van der Waals surface area contributed by atoms with Gasteiger partial charge < -0.3 is 29.4 Å². The summed E-state index contributed by atoms with van der Waals surface area (Å²) in [7, 11) is 0. The fraction of sp³-hybridized carbons (Fsp3) is 0.558. The second-order valence-corrected chi connectivity index (χ2v) is 19.2. The Labute approximate surface area is 380 Å². The van der Waals surface area contributed by atoms with Crippen molar-refractivity contribution in [3.05, 3.63) is 88.7 Å². The van der Waals surface area contributed by atoms with Gasteiger partial charge in [0.05, 0.1) is 17.8 Å². The number of carbonyl (C=O) groups excluding carboxylic acids is 2. The minimum Gasteiger partial charge on any atom is -0.784 e. The van der Waals surface area contributed by atoms with Crippen molar-refractivity contribution < 1.29 is 14.0 Å². The molecule has 2 fully saturated rings. The molecule has 0 bridgehead atoms. The summed E-state index contributed by atoms with van der Waals surface area (Å²) >= 11 is 0. The molecule has 4 aliphatic rings. The van der Waals surface area contributed by atoms with Gasteiger partial charge in [-0.3, -0.25) is 9.59 Å². The van der Waals surface area contributed by atoms with Crippen molar-refractivity contribution in [2.45, 2.75) is 137 Å². The second kappa shape index (κ2) is 20.4. The Kier molecular flexibility index (Phi) is 15.0. The van der Waals surface area contributed by atoms with Crippen LogP contribution in [0.15, 0.2) is 71.3 Å². The largest absolute Gasteiger partial charge is 0.784 e. The van der Waals surface area contributed by atoms with Crippen LogP contribution in [0, 0.1) is 5.21 Å². The lowest BCUT2D eigenvalue weighted by molar-refractivity contribution is -0.132. The van der Waals surface area contributed by atoms with Crippen molar-refractivity contribution in [3.8, 4) is 22.5 Å². The Morgan fingerprint density at radius 3 is 2.14 bits per heavy atom. The quantitative estimate of drug-likeness (QED) is 0.0516. The maximum atomic E-state index is 14.5. The molecule has 2 aromatic carbocycles. The van der Waals surface area contributed by atoms with Crippen LogP contribution >= 0.6 is 0 Å². The minimum atomic E-state index is -0.436. The van der Waals surface area contributed by atoms with Crippen LogP contribution in [0.3, 0.4) is 0 Å². The number of hydrogen-bond donors (Lipinski definition) is 0. The molecule has 3 aromatic rings. The number of amides is 2. The molecule has 7 rings (SSSR count). The van der Waals surface area contributed by atoms with E-state index in [0.717, 1.165) is 134 Å². The number of aromatic nitrogens is 3. The van der Waals surface area contributed by atoms with Gasteiger partial charge in [0.1, 0.15) is 24.4 Å². The number of nitrogens with zero attached hydrogens (tertiary/aromatic N) is 8. The van der Waals surface area contributed by atoms with Crippen molar-refractivity contribution in [2.75, 3.05) is 57.3 Å². The highest BCUT2D eigenvalue weighted by Crippen LogP contribution is 2.44. The summed E-state index contributed by atoms with van der Waals surface area (Å²) in [6.07, 6.45) is 11.4. The molecule has 1 aromatic heterocycles. The van der Waals surface area contributed by atoms with Crippen LogP contribution in [0.25, 0.3) is 33.4 Å². The number of aryl methyl sites for hydroxylation is 1. The zero-order chi connectivity index (χ0) is 45.6. The maximum Gasteiger partial charge on any atom is 0.254 e. The number of benzene rings is 3. The number of piperazine rings is 1. The molecule has 64 heavy (non-hydrogen) atoms. The van der Waals surface area contributed by atoms with Crippen molar-refractivity contribution >= 4 is 28.5 Å². The lowest BCUT2D eigenvalue weighted by Crippen LogP contribution is -2.57. The summed E-state index contributed by atoms with van der Waals surface area (Å²) in [6.45, 7) is 22.4. The Hall–Kier alpha value is -5.07. The van der Waals surface area contributed by atoms with Crippen molar-refractivity contribution in [1.29, 1.82) is 0 Å². The standard InChI is InChI=1S/C52H72N8O4/c1-9-55(10-2)39-25-27-44-46(33-39)64-47-34-40(56(11-3)12-4)26-28-45(47)49(44)42-22-19-20-23-43(42)50(62)58-31-29-57(30-32-58)48(61)24-18-16-14-13-15-17-21-38-37-59(54-53-38)41-35-51(5,6)60(63)52(7,8)36-41/h19-20,22-23,25-28,33-34,37,41H,9-18,21,24,29-32,35-36H2,1-8H3. The topological polar surface area (TPSA) is 117 Å². The number of carbonyl (C=O) groups is 2. The molecule has 2 amide bonds. The molecular weight excluding hydrogens is 801 g/mol. The smallest absolute Gasteiger partial charge is 0.254 e. The van der Waals surface area contributed by atoms with E-state index < -0.39 is 11.1 Å². The molecule has 2 saturated heterocycles. The van der Waals surface area contributed by atoms with Crippen LogP contribution in [0.2, 0.25) is 0 Å². The molecule has 0 radical (unpaired) electrons. The van der Waals surface area contributed by atoms with Gasteiger partial charge in [-0.15, -0.1) is 5.10 Å². The van der Waals surface area contributed by atoms with E-state index >= 15 is 0 Å². The number of rotatable bonds is 17. The Bertz CT molecular complexity index is 2400. The first kappa shape index (κ1) is 46.9. The van der Waals surface area contributed by atoms with Crippen LogP contribution in [-0.4, -0.2) is 105 Å². The lowest BCUT2D eigenvalue weighted by atomic mass is 9.79. The molecule has 0 atom stereocenters. The van der Waals surface area contributed by atoms with Gasteiger partial charge in [-0.2, -0.15) is 0 Å². The van der Waals surface area contributed by atoms with Crippen LogP contribution in [-0.2, 0) is 11.2 Å². The molecule has 12 nitrogen and oxygen atoms in total. The predicted octanol–water partition coefficient (Wildman–Crippen LogP) is 9.40. The third-order valence-corrected chi connectivity index (χ3v) is 13.9. The van der Waals surface area contributed by atoms with Gasteiger partial charge in [-0.25, -0.2) is 9.26 Å². The van der Waals surface area contributed by atoms with Gasteiger partial charge in [-0.05, 0) is 117 Å². The third kappa shape index (κ3) is 10.2. The highest BCUT2D eigenvalue weighted by molar-refractivity contribution is 6.09. The number of anilines is 1. The molecule has 3 aliphatic heterocycles. The summed E-state index contributed by atoms with van der Waals surface area (Å²) < 4.78 is 11.0. The van der Waals surface area contributed by atoms with Gasteiger partial charge in [0, 0.05) is 103 Å². The fourth-order valence-corrected chi connectivity index (χ4v) is 10.4. The van der Waals surface area contributed by atoms with E-state index in [1.165, 1.54) is 5.06 Å². The van der Waals surface area contributed by atoms with Crippen LogP contribution in [0.5, 0.6) is 0 Å². The first-order chi connectivity index (χ1) is 30.8. The molecule has 0 unspecified atom stereocenters. The van der Waals surface area contributed by atoms with Gasteiger partial charge >= 0.3 is 0 Å². The molecule has 0 spiro atoms. The predicted molar refractivity (Wildman–Crippen MR) is 258 cm³/mol. The lowest BCUT2D eigenvalue weighted by Gasteiger charge is -2.59. The summed E-state index contributed by atoms with van der Waals surface area (Å²) in [4.78, 5) is 34.0. The number of unbranched alkanes of at least 4 members (excludes halogenated alkanes) is 5. The first-order valence-corrected chi connectivity index (χ1v) is 24.2. The van der Waals surface area contributed by atoms with E-state index in [9.17, 15) is 14.8 Å². The molecule has 4 heterocycles. The zero-order valence-electron chi connectivity index (χ0n) is 39.9. The summed E-state index contributed by atoms with van der Waals surface area (Å²) in [6, 6.07) is 21.0. The maximum absolute atomic E-state index is 14.5. The van der Waals surface area contributed by atoms with Crippen LogP contribution < -0.4 is 14.8 Å². The summed E-state index contributed by atoms with van der Waals surface area (Å²) in [5.41, 5.74) is 5.56. The normalized spacial score (nSPS) is 16.8. The van der Waals surface area contributed by atoms with Gasteiger partial charge in [0.2, 0.25) is 11.3 Å². The zero-order valence-corrected chi connectivity index (χ0v) is 39.9. The van der Waals surface area contributed by atoms with E-state index in [-0.39, 0.29) is 17.9 Å². The molecule has 12 heteroatoms. The van der Waals surface area contributed by atoms with Crippen molar-refractivity contribution in [1.82, 2.24) is 34.4 Å². The van der Waals surface area contributed by atoms with E-state index in [2.05, 4.69) is 96.1 Å². The average molecular weight is 873 g/mol. The first-order valence-electron chi connectivity index (χ1n) is 24.2. The second-order valence-electron chi connectivity index (χ2n) is 19.2. The Morgan fingerprint density at radius 2 is 1.45 bits per heavy atom. The van der Waals surface area contributed by atoms with E-state index in [1.54, 1.807) is 0 Å².